The van der Waals surface area contributed by atoms with E-state index in [1.807, 2.05) is 7.05 Å². The average Bonchev–Trinajstić information content (AvgIpc) is 3.22. The quantitative estimate of drug-likeness (QED) is 0.439. The summed E-state index contributed by atoms with van der Waals surface area (Å²) in [6.45, 7) is 1.74. The number of thiocarbonyl (C=S) groups is 1. The molecule has 2 aromatic rings. The Hall–Kier alpha value is -2.38. The number of fused-ring (bicyclic) bond motifs is 1. The van der Waals surface area contributed by atoms with Crippen molar-refractivity contribution in [3.63, 3.8) is 0 Å². The smallest absolute Gasteiger partial charge is 0.284 e. The third-order valence-electron chi connectivity index (χ3n) is 5.06. The number of carbonyl (C=O) groups is 3. The fraction of sp³-hybridized carbons (Fsp3) is 0.429. The third kappa shape index (κ3) is 8.36. The molecule has 0 saturated carbocycles. The van der Waals surface area contributed by atoms with Crippen LogP contribution in [0.3, 0.4) is 0 Å². The van der Waals surface area contributed by atoms with Gasteiger partial charge in [-0.2, -0.15) is 0 Å². The van der Waals surface area contributed by atoms with Crippen molar-refractivity contribution in [2.75, 3.05) is 39.5 Å². The van der Waals surface area contributed by atoms with Gasteiger partial charge in [-0.1, -0.05) is 23.8 Å². The van der Waals surface area contributed by atoms with Gasteiger partial charge in [-0.3, -0.25) is 14.4 Å². The molecule has 0 radical (unpaired) electrons. The Labute approximate surface area is 224 Å². The lowest BCUT2D eigenvalue weighted by Crippen LogP contribution is -2.47. The number of anilines is 1. The topological polar surface area (TPSA) is 120 Å². The van der Waals surface area contributed by atoms with Gasteiger partial charge in [-0.05, 0) is 19.2 Å². The van der Waals surface area contributed by atoms with E-state index in [9.17, 15) is 14.4 Å². The van der Waals surface area contributed by atoms with Gasteiger partial charge in [-0.15, -0.1) is 23.7 Å². The van der Waals surface area contributed by atoms with Crippen molar-refractivity contribution in [3.05, 3.63) is 38.9 Å². The van der Waals surface area contributed by atoms with Crippen LogP contribution in [0.15, 0.2) is 18.3 Å². The lowest BCUT2D eigenvalue weighted by Gasteiger charge is -2.21. The van der Waals surface area contributed by atoms with Crippen molar-refractivity contribution >= 4 is 76.1 Å². The van der Waals surface area contributed by atoms with E-state index in [0.29, 0.717) is 15.8 Å². The van der Waals surface area contributed by atoms with Crippen LogP contribution in [0.5, 0.6) is 0 Å². The van der Waals surface area contributed by atoms with Crippen molar-refractivity contribution in [2.45, 2.75) is 25.4 Å². The minimum atomic E-state index is -0.606. The molecule has 2 aromatic heterocycles. The van der Waals surface area contributed by atoms with Gasteiger partial charge in [0.15, 0.2) is 10.00 Å². The van der Waals surface area contributed by atoms with Gasteiger partial charge in [0, 0.05) is 57.6 Å². The van der Waals surface area contributed by atoms with E-state index in [-0.39, 0.29) is 42.2 Å². The number of thiazole rings is 1. The molecule has 3 heterocycles. The van der Waals surface area contributed by atoms with Gasteiger partial charge >= 0.3 is 0 Å². The minimum absolute atomic E-state index is 0. The van der Waals surface area contributed by atoms with E-state index in [0.717, 1.165) is 30.1 Å². The molecule has 0 unspecified atom stereocenters. The maximum Gasteiger partial charge on any atom is 0.284 e. The lowest BCUT2D eigenvalue weighted by molar-refractivity contribution is -0.129. The molecule has 1 atom stereocenters. The molecule has 10 nitrogen and oxygen atoms in total. The van der Waals surface area contributed by atoms with Crippen LogP contribution in [0.25, 0.3) is 0 Å². The summed E-state index contributed by atoms with van der Waals surface area (Å²) in [5.41, 5.74) is 0.945. The van der Waals surface area contributed by atoms with Crippen LogP contribution in [0.2, 0.25) is 5.02 Å². The molecular formula is C21H27Cl2N7O3S2. The number of nitrogens with one attached hydrogen (secondary N) is 3. The second-order valence-electron chi connectivity index (χ2n) is 8.07. The number of carbonyl (C=O) groups excluding carboxylic acids is 3. The highest BCUT2D eigenvalue weighted by Gasteiger charge is 2.25. The minimum Gasteiger partial charge on any atom is -0.370 e. The number of hydrogen-bond acceptors (Lipinski definition) is 8. The number of pyridine rings is 1. The molecule has 0 aliphatic carbocycles. The van der Waals surface area contributed by atoms with E-state index >= 15 is 0 Å². The largest absolute Gasteiger partial charge is 0.370 e. The molecule has 35 heavy (non-hydrogen) atoms. The van der Waals surface area contributed by atoms with Crippen molar-refractivity contribution in [1.82, 2.24) is 30.4 Å². The number of rotatable bonds is 7. The highest BCUT2D eigenvalue weighted by atomic mass is 35.5. The highest BCUT2D eigenvalue weighted by Crippen LogP contribution is 2.24. The number of likely N-dealkylation sites (N-methyl/N-ethyl adjacent to an activating group) is 1. The zero-order valence-corrected chi connectivity index (χ0v) is 22.7. The van der Waals surface area contributed by atoms with E-state index in [1.54, 1.807) is 26.2 Å². The second kappa shape index (κ2) is 13.1. The first kappa shape index (κ1) is 28.9. The first-order valence-corrected chi connectivity index (χ1v) is 12.1. The average molecular weight is 561 g/mol. The van der Waals surface area contributed by atoms with Gasteiger partial charge in [-0.25, -0.2) is 9.97 Å². The van der Waals surface area contributed by atoms with Crippen molar-refractivity contribution in [1.29, 1.82) is 0 Å². The van der Waals surface area contributed by atoms with Gasteiger partial charge in [0.25, 0.3) is 11.8 Å². The SMILES string of the molecule is CN1CCc2nc(C(=O)N[C@@H](CNC(=S)C(=O)Nc3ccc(Cl)cn3)CC(=O)N(C)C)sc2C1.Cl. The van der Waals surface area contributed by atoms with Gasteiger partial charge < -0.3 is 25.8 Å². The molecule has 0 fully saturated rings. The molecule has 0 bridgehead atoms. The first-order valence-electron chi connectivity index (χ1n) is 10.5. The molecule has 0 aromatic carbocycles. The van der Waals surface area contributed by atoms with Crippen molar-refractivity contribution in [2.24, 2.45) is 0 Å². The Morgan fingerprint density at radius 2 is 2.06 bits per heavy atom. The van der Waals surface area contributed by atoms with Crippen molar-refractivity contribution in [3.8, 4) is 0 Å². The summed E-state index contributed by atoms with van der Waals surface area (Å²) < 4.78 is 0. The number of amides is 3. The Morgan fingerprint density at radius 3 is 2.71 bits per heavy atom. The molecule has 1 aliphatic heterocycles. The summed E-state index contributed by atoms with van der Waals surface area (Å²) in [5, 5.41) is 9.04. The molecule has 0 saturated heterocycles. The predicted octanol–water partition coefficient (Wildman–Crippen LogP) is 1.73. The number of halogens is 2. The summed E-state index contributed by atoms with van der Waals surface area (Å²) in [6.07, 6.45) is 2.23. The molecular weight excluding hydrogens is 533 g/mol. The van der Waals surface area contributed by atoms with Crippen LogP contribution in [-0.2, 0) is 22.6 Å². The number of hydrogen-bond donors (Lipinski definition) is 3. The van der Waals surface area contributed by atoms with Gasteiger partial charge in [0.2, 0.25) is 5.91 Å². The summed E-state index contributed by atoms with van der Waals surface area (Å²) in [5.74, 6) is -0.802. The highest BCUT2D eigenvalue weighted by molar-refractivity contribution is 7.82. The molecule has 3 amide bonds. The van der Waals surface area contributed by atoms with E-state index in [2.05, 4.69) is 30.8 Å². The molecule has 3 N–H and O–H groups in total. The van der Waals surface area contributed by atoms with Crippen LogP contribution in [0, 0.1) is 0 Å². The summed E-state index contributed by atoms with van der Waals surface area (Å²) in [7, 11) is 5.30. The molecule has 1 aliphatic rings. The normalized spacial score (nSPS) is 13.6. The monoisotopic (exact) mass is 559 g/mol. The number of nitrogens with zero attached hydrogens (tertiary/aromatic N) is 4. The van der Waals surface area contributed by atoms with Crippen LogP contribution in [0.1, 0.15) is 26.8 Å². The lowest BCUT2D eigenvalue weighted by atomic mass is 10.2. The Kier molecular flexibility index (Phi) is 10.8. The molecule has 0 spiro atoms. The summed E-state index contributed by atoms with van der Waals surface area (Å²) in [6, 6.07) is 2.53. The number of aromatic nitrogens is 2. The summed E-state index contributed by atoms with van der Waals surface area (Å²) in [4.78, 5) is 50.6. The maximum atomic E-state index is 12.9. The van der Waals surface area contributed by atoms with Gasteiger partial charge in [0.05, 0.1) is 16.8 Å². The standard InChI is InChI=1S/C21H26ClN7O3S2.ClH/c1-28(2)17(30)8-13(10-24-20(33)18(31)27-16-5-4-12(22)9-23-16)25-19(32)21-26-14-6-7-29(3)11-15(14)34-21;/h4-5,9,13H,6-8,10-11H2,1-3H3,(H,24,33)(H,25,32)(H,23,27,31);1H/t13-;/m1./s1. The van der Waals surface area contributed by atoms with Crippen LogP contribution in [0.4, 0.5) is 5.82 Å². The third-order valence-corrected chi connectivity index (χ3v) is 6.69. The molecule has 190 valence electrons. The zero-order chi connectivity index (χ0) is 24.8. The van der Waals surface area contributed by atoms with Crippen molar-refractivity contribution < 1.29 is 14.4 Å². The van der Waals surface area contributed by atoms with Crippen LogP contribution in [-0.4, -0.2) is 82.8 Å². The van der Waals surface area contributed by atoms with Gasteiger partial charge in [0.1, 0.15) is 5.82 Å². The fourth-order valence-corrected chi connectivity index (χ4v) is 4.49. The predicted molar refractivity (Wildman–Crippen MR) is 142 cm³/mol. The first-order chi connectivity index (χ1) is 16.1. The Morgan fingerprint density at radius 1 is 1.31 bits per heavy atom. The molecule has 14 heteroatoms. The Balaban J connectivity index is 0.00000432. The van der Waals surface area contributed by atoms with Crippen LogP contribution >= 0.6 is 47.6 Å². The van der Waals surface area contributed by atoms with E-state index < -0.39 is 11.9 Å². The maximum absolute atomic E-state index is 12.9. The second-order valence-corrected chi connectivity index (χ2v) is 9.99. The fourth-order valence-electron chi connectivity index (χ4n) is 3.15. The van der Waals surface area contributed by atoms with E-state index in [1.165, 1.54) is 22.4 Å². The summed E-state index contributed by atoms with van der Waals surface area (Å²) >= 11 is 12.3. The van der Waals surface area contributed by atoms with E-state index in [4.69, 9.17) is 23.8 Å². The molecule has 3 rings (SSSR count). The van der Waals surface area contributed by atoms with Crippen LogP contribution < -0.4 is 16.0 Å². The Bertz CT molecular complexity index is 1080. The zero-order valence-electron chi connectivity index (χ0n) is 19.5.